The Bertz CT molecular complexity index is 143. The summed E-state index contributed by atoms with van der Waals surface area (Å²) in [6.07, 6.45) is 0.577. The minimum atomic E-state index is -0.190. The maximum absolute atomic E-state index is 10.8. The number of carbonyl (C=O) groups excluding carboxylic acids is 1. The molecule has 0 aliphatic carbocycles. The molecule has 0 aromatic carbocycles. The van der Waals surface area contributed by atoms with E-state index in [1.807, 2.05) is 6.92 Å². The number of hydrogen-bond acceptors (Lipinski definition) is 3. The van der Waals surface area contributed by atoms with Crippen LogP contribution in [0, 0.1) is 0 Å². The largest absolute Gasteiger partial charge is 0.399 e. The van der Waals surface area contributed by atoms with Crippen LogP contribution in [0.5, 0.6) is 0 Å². The van der Waals surface area contributed by atoms with E-state index in [4.69, 9.17) is 0 Å². The van der Waals surface area contributed by atoms with E-state index in [1.165, 1.54) is 7.11 Å². The average Bonchev–Trinajstić information content (AvgIpc) is 1.99. The second kappa shape index (κ2) is 4.78. The first-order valence-corrected chi connectivity index (χ1v) is 3.08. The molecule has 0 bridgehead atoms. The molecule has 58 valence electrons. The van der Waals surface area contributed by atoms with E-state index in [1.54, 1.807) is 7.05 Å². The number of rotatable bonds is 3. The Balaban J connectivity index is 4.06. The number of hydrogen-bond donors (Lipinski definition) is 1. The zero-order valence-electron chi connectivity index (χ0n) is 6.47. The predicted molar refractivity (Wildman–Crippen MR) is 38.8 cm³/mol. The van der Waals surface area contributed by atoms with E-state index in [9.17, 15) is 4.79 Å². The number of oxime groups is 1. The summed E-state index contributed by atoms with van der Waals surface area (Å²) < 4.78 is 0. The van der Waals surface area contributed by atoms with Crippen molar-refractivity contribution in [3.05, 3.63) is 0 Å². The fourth-order valence-corrected chi connectivity index (χ4v) is 0.521. The van der Waals surface area contributed by atoms with Crippen LogP contribution in [-0.2, 0) is 9.63 Å². The number of nitrogens with zero attached hydrogens (tertiary/aromatic N) is 1. The van der Waals surface area contributed by atoms with Crippen molar-refractivity contribution in [3.8, 4) is 0 Å². The molecule has 0 atom stereocenters. The summed E-state index contributed by atoms with van der Waals surface area (Å²) in [6, 6.07) is 0. The monoisotopic (exact) mass is 144 g/mol. The third-order valence-electron chi connectivity index (χ3n) is 1.03. The SMILES string of the molecule is CC/C(=N/OC)C(=O)NC. The van der Waals surface area contributed by atoms with E-state index in [2.05, 4.69) is 15.3 Å². The highest BCUT2D eigenvalue weighted by molar-refractivity contribution is 6.38. The number of nitrogens with one attached hydrogen (secondary N) is 1. The summed E-state index contributed by atoms with van der Waals surface area (Å²) in [5, 5.41) is 5.97. The standard InChI is InChI=1S/C6H12N2O2/c1-4-5(8-10-3)6(9)7-2/h4H2,1-3H3,(H,7,9)/b8-5-. The minimum Gasteiger partial charge on any atom is -0.399 e. The number of amides is 1. The second-order valence-electron chi connectivity index (χ2n) is 1.65. The molecular formula is C6H12N2O2. The van der Waals surface area contributed by atoms with Gasteiger partial charge in [-0.05, 0) is 6.42 Å². The lowest BCUT2D eigenvalue weighted by Crippen LogP contribution is -2.27. The minimum absolute atomic E-state index is 0.190. The molecule has 0 fully saturated rings. The van der Waals surface area contributed by atoms with Crippen LogP contribution >= 0.6 is 0 Å². The van der Waals surface area contributed by atoms with Crippen LogP contribution in [0.1, 0.15) is 13.3 Å². The van der Waals surface area contributed by atoms with E-state index < -0.39 is 0 Å². The van der Waals surface area contributed by atoms with Gasteiger partial charge in [-0.25, -0.2) is 0 Å². The molecule has 0 heterocycles. The summed E-state index contributed by atoms with van der Waals surface area (Å²) in [5.41, 5.74) is 0.407. The van der Waals surface area contributed by atoms with E-state index in [-0.39, 0.29) is 5.91 Å². The highest BCUT2D eigenvalue weighted by Crippen LogP contribution is 1.85. The van der Waals surface area contributed by atoms with Gasteiger partial charge in [-0.3, -0.25) is 4.79 Å². The Kier molecular flexibility index (Phi) is 4.28. The van der Waals surface area contributed by atoms with Crippen molar-refractivity contribution >= 4 is 11.6 Å². The van der Waals surface area contributed by atoms with Crippen molar-refractivity contribution in [2.75, 3.05) is 14.2 Å². The molecule has 0 aliphatic rings. The summed E-state index contributed by atoms with van der Waals surface area (Å²) in [6.45, 7) is 1.84. The summed E-state index contributed by atoms with van der Waals surface area (Å²) in [5.74, 6) is -0.190. The lowest BCUT2D eigenvalue weighted by molar-refractivity contribution is -0.114. The van der Waals surface area contributed by atoms with Crippen molar-refractivity contribution in [1.29, 1.82) is 0 Å². The number of carbonyl (C=O) groups is 1. The van der Waals surface area contributed by atoms with Crippen molar-refractivity contribution in [1.82, 2.24) is 5.32 Å². The molecule has 0 radical (unpaired) electrons. The van der Waals surface area contributed by atoms with Crippen molar-refractivity contribution in [3.63, 3.8) is 0 Å². The van der Waals surface area contributed by atoms with Crippen molar-refractivity contribution in [2.24, 2.45) is 5.16 Å². The van der Waals surface area contributed by atoms with Gasteiger partial charge in [0.05, 0.1) is 0 Å². The highest BCUT2D eigenvalue weighted by atomic mass is 16.6. The van der Waals surface area contributed by atoms with Gasteiger partial charge >= 0.3 is 0 Å². The molecule has 0 aliphatic heterocycles. The Labute approximate surface area is 60.2 Å². The Morgan fingerprint density at radius 1 is 1.70 bits per heavy atom. The van der Waals surface area contributed by atoms with Crippen LogP contribution in [-0.4, -0.2) is 25.8 Å². The first-order chi connectivity index (χ1) is 4.76. The maximum atomic E-state index is 10.8. The Morgan fingerprint density at radius 3 is 2.60 bits per heavy atom. The van der Waals surface area contributed by atoms with Crippen LogP contribution < -0.4 is 5.32 Å². The average molecular weight is 144 g/mol. The van der Waals surface area contributed by atoms with Crippen LogP contribution in [0.3, 0.4) is 0 Å². The maximum Gasteiger partial charge on any atom is 0.268 e. The molecule has 4 heteroatoms. The molecule has 0 aromatic heterocycles. The van der Waals surface area contributed by atoms with Gasteiger partial charge in [0, 0.05) is 7.05 Å². The van der Waals surface area contributed by atoms with Gasteiger partial charge in [0.1, 0.15) is 12.8 Å². The quantitative estimate of drug-likeness (QED) is 0.452. The lowest BCUT2D eigenvalue weighted by Gasteiger charge is -1.98. The second-order valence-corrected chi connectivity index (χ2v) is 1.65. The van der Waals surface area contributed by atoms with Gasteiger partial charge in [-0.1, -0.05) is 12.1 Å². The molecule has 0 saturated heterocycles. The zero-order chi connectivity index (χ0) is 7.98. The third-order valence-corrected chi connectivity index (χ3v) is 1.03. The van der Waals surface area contributed by atoms with Crippen LogP contribution in [0.4, 0.5) is 0 Å². The van der Waals surface area contributed by atoms with E-state index in [0.717, 1.165) is 0 Å². The van der Waals surface area contributed by atoms with Crippen LogP contribution in [0.25, 0.3) is 0 Å². The van der Waals surface area contributed by atoms with Gasteiger partial charge in [-0.15, -0.1) is 0 Å². The normalized spacial score (nSPS) is 10.9. The predicted octanol–water partition coefficient (Wildman–Crippen LogP) is 0.145. The van der Waals surface area contributed by atoms with Gasteiger partial charge in [0.2, 0.25) is 0 Å². The van der Waals surface area contributed by atoms with Gasteiger partial charge < -0.3 is 10.2 Å². The Hall–Kier alpha value is -1.06. The molecule has 1 N–H and O–H groups in total. The fraction of sp³-hybridized carbons (Fsp3) is 0.667. The smallest absolute Gasteiger partial charge is 0.268 e. The molecule has 0 unspecified atom stereocenters. The Morgan fingerprint density at radius 2 is 2.30 bits per heavy atom. The van der Waals surface area contributed by atoms with Crippen molar-refractivity contribution in [2.45, 2.75) is 13.3 Å². The molecular weight excluding hydrogens is 132 g/mol. The summed E-state index contributed by atoms with van der Waals surface area (Å²) in [4.78, 5) is 15.3. The zero-order valence-corrected chi connectivity index (χ0v) is 6.47. The molecule has 0 spiro atoms. The molecule has 10 heavy (non-hydrogen) atoms. The van der Waals surface area contributed by atoms with Gasteiger partial charge in [-0.2, -0.15) is 0 Å². The third kappa shape index (κ3) is 2.48. The molecule has 4 nitrogen and oxygen atoms in total. The summed E-state index contributed by atoms with van der Waals surface area (Å²) >= 11 is 0. The first-order valence-electron chi connectivity index (χ1n) is 3.08. The highest BCUT2D eigenvalue weighted by Gasteiger charge is 2.05. The molecule has 0 aromatic rings. The van der Waals surface area contributed by atoms with E-state index >= 15 is 0 Å². The van der Waals surface area contributed by atoms with Crippen molar-refractivity contribution < 1.29 is 9.63 Å². The van der Waals surface area contributed by atoms with Gasteiger partial charge in [0.25, 0.3) is 5.91 Å². The van der Waals surface area contributed by atoms with E-state index in [0.29, 0.717) is 12.1 Å². The van der Waals surface area contributed by atoms with Crippen LogP contribution in [0.2, 0.25) is 0 Å². The van der Waals surface area contributed by atoms with Gasteiger partial charge in [0.15, 0.2) is 0 Å². The lowest BCUT2D eigenvalue weighted by atomic mass is 10.3. The molecule has 0 saturated carbocycles. The van der Waals surface area contributed by atoms with Crippen LogP contribution in [0.15, 0.2) is 5.16 Å². The molecule has 0 rings (SSSR count). The molecule has 1 amide bonds. The first kappa shape index (κ1) is 8.94. The fourth-order valence-electron chi connectivity index (χ4n) is 0.521. The summed E-state index contributed by atoms with van der Waals surface area (Å²) in [7, 11) is 2.97. The topological polar surface area (TPSA) is 50.7 Å².